The number of anilines is 3. The maximum absolute atomic E-state index is 9.62. The monoisotopic (exact) mass is 738 g/mol. The molecule has 0 aliphatic heterocycles. The van der Waals surface area contributed by atoms with Gasteiger partial charge in [-0.25, -0.2) is 0 Å². The molecule has 0 N–H and O–H groups in total. The van der Waals surface area contributed by atoms with Gasteiger partial charge < -0.3 is 4.90 Å². The highest BCUT2D eigenvalue weighted by molar-refractivity contribution is 6.23. The van der Waals surface area contributed by atoms with Crippen LogP contribution < -0.4 is 4.90 Å². The number of hydrogen-bond acceptors (Lipinski definition) is 2. The molecule has 10 aromatic rings. The molecule has 0 bridgehead atoms. The Hall–Kier alpha value is -7.47. The Morgan fingerprint density at radius 1 is 0.414 bits per heavy atom. The van der Waals surface area contributed by atoms with Crippen LogP contribution in [0.4, 0.5) is 17.1 Å². The van der Waals surface area contributed by atoms with Crippen molar-refractivity contribution >= 4 is 60.2 Å². The van der Waals surface area contributed by atoms with Gasteiger partial charge in [-0.15, -0.1) is 0 Å². The van der Waals surface area contributed by atoms with Gasteiger partial charge in [0.15, 0.2) is 0 Å². The third-order valence-corrected chi connectivity index (χ3v) is 12.5. The summed E-state index contributed by atoms with van der Waals surface area (Å²) in [6.45, 7) is 4.74. The molecule has 0 saturated carbocycles. The van der Waals surface area contributed by atoms with Crippen LogP contribution in [0.1, 0.15) is 30.5 Å². The van der Waals surface area contributed by atoms with E-state index in [1.54, 1.807) is 0 Å². The molecule has 0 heterocycles. The molecule has 10 aromatic carbocycles. The van der Waals surface area contributed by atoms with Crippen molar-refractivity contribution < 1.29 is 0 Å². The second-order valence-corrected chi connectivity index (χ2v) is 16.0. The van der Waals surface area contributed by atoms with Gasteiger partial charge in [-0.3, -0.25) is 0 Å². The van der Waals surface area contributed by atoms with Crippen LogP contribution in [0.15, 0.2) is 194 Å². The molecule has 0 aromatic heterocycles. The molecule has 0 saturated heterocycles. The van der Waals surface area contributed by atoms with Crippen molar-refractivity contribution in [2.75, 3.05) is 4.90 Å². The lowest BCUT2D eigenvalue weighted by atomic mass is 9.80. The second kappa shape index (κ2) is 13.1. The van der Waals surface area contributed by atoms with Crippen molar-refractivity contribution in [3.63, 3.8) is 0 Å². The number of hydrogen-bond donors (Lipinski definition) is 0. The number of fused-ring (bicyclic) bond motifs is 7. The van der Waals surface area contributed by atoms with Gasteiger partial charge in [0, 0.05) is 22.2 Å². The van der Waals surface area contributed by atoms with E-state index in [9.17, 15) is 5.26 Å². The molecule has 2 nitrogen and oxygen atoms in total. The summed E-state index contributed by atoms with van der Waals surface area (Å²) in [7, 11) is 0. The largest absolute Gasteiger partial charge is 0.310 e. The number of nitriles is 1. The molecule has 1 aliphatic carbocycles. The van der Waals surface area contributed by atoms with E-state index in [2.05, 4.69) is 207 Å². The molecule has 2 heteroatoms. The van der Waals surface area contributed by atoms with Crippen LogP contribution in [0.5, 0.6) is 0 Å². The maximum atomic E-state index is 9.62. The van der Waals surface area contributed by atoms with E-state index in [4.69, 9.17) is 0 Å². The van der Waals surface area contributed by atoms with Crippen LogP contribution in [0.2, 0.25) is 0 Å². The highest BCUT2D eigenvalue weighted by atomic mass is 15.1. The van der Waals surface area contributed by atoms with Gasteiger partial charge in [0.25, 0.3) is 0 Å². The third-order valence-electron chi connectivity index (χ3n) is 12.5. The van der Waals surface area contributed by atoms with Gasteiger partial charge >= 0.3 is 0 Å². The lowest BCUT2D eigenvalue weighted by Crippen LogP contribution is -2.17. The van der Waals surface area contributed by atoms with Gasteiger partial charge in [-0.05, 0) is 131 Å². The molecular formula is C56H38N2. The summed E-state index contributed by atoms with van der Waals surface area (Å²) >= 11 is 0. The summed E-state index contributed by atoms with van der Waals surface area (Å²) in [6, 6.07) is 72.7. The topological polar surface area (TPSA) is 27.0 Å². The summed E-state index contributed by atoms with van der Waals surface area (Å²) in [6.07, 6.45) is 0. The minimum absolute atomic E-state index is 0.264. The van der Waals surface area contributed by atoms with E-state index in [1.807, 2.05) is 12.1 Å². The first kappa shape index (κ1) is 33.8. The fourth-order valence-corrected chi connectivity index (χ4v) is 9.71. The van der Waals surface area contributed by atoms with Crippen molar-refractivity contribution in [2.45, 2.75) is 19.3 Å². The quantitative estimate of drug-likeness (QED) is 0.164. The van der Waals surface area contributed by atoms with Gasteiger partial charge in [0.1, 0.15) is 0 Å². The minimum Gasteiger partial charge on any atom is -0.310 e. The Morgan fingerprint density at radius 2 is 0.914 bits per heavy atom. The van der Waals surface area contributed by atoms with Crippen molar-refractivity contribution in [3.8, 4) is 39.4 Å². The van der Waals surface area contributed by atoms with Crippen LogP contribution in [0.3, 0.4) is 0 Å². The molecular weight excluding hydrogens is 701 g/mol. The Morgan fingerprint density at radius 3 is 1.57 bits per heavy atom. The van der Waals surface area contributed by atoms with Gasteiger partial charge in [0.2, 0.25) is 0 Å². The molecule has 0 spiro atoms. The zero-order chi connectivity index (χ0) is 39.0. The zero-order valence-corrected chi connectivity index (χ0v) is 32.4. The Balaban J connectivity index is 1.08. The lowest BCUT2D eigenvalue weighted by Gasteiger charge is -2.29. The van der Waals surface area contributed by atoms with E-state index in [1.165, 1.54) is 87.6 Å². The Bertz CT molecular complexity index is 3260. The average Bonchev–Trinajstić information content (AvgIpc) is 3.50. The third kappa shape index (κ3) is 5.11. The Kier molecular flexibility index (Phi) is 7.61. The normalized spacial score (nSPS) is 12.8. The van der Waals surface area contributed by atoms with Gasteiger partial charge in [-0.2, -0.15) is 5.26 Å². The predicted molar refractivity (Wildman–Crippen MR) is 244 cm³/mol. The van der Waals surface area contributed by atoms with Gasteiger partial charge in [0.05, 0.1) is 17.3 Å². The zero-order valence-electron chi connectivity index (χ0n) is 32.4. The molecule has 1 aliphatic rings. The first-order valence-corrected chi connectivity index (χ1v) is 20.0. The molecule has 0 amide bonds. The minimum atomic E-state index is -0.264. The SMILES string of the molecule is CC1(C)c2cc(-c3c4ccccc4c(-c4cccc5ccccc45)c4ccccc34)ccc2-c2ccc(N(c3ccc(C#N)cc3)c3cccc4ccccc34)cc21. The average molecular weight is 739 g/mol. The molecule has 272 valence electrons. The van der Waals surface area contributed by atoms with Crippen LogP contribution in [-0.2, 0) is 5.41 Å². The summed E-state index contributed by atoms with van der Waals surface area (Å²) in [5, 5.41) is 19.5. The lowest BCUT2D eigenvalue weighted by molar-refractivity contribution is 0.660. The summed E-state index contributed by atoms with van der Waals surface area (Å²) in [4.78, 5) is 2.34. The summed E-state index contributed by atoms with van der Waals surface area (Å²) < 4.78 is 0. The smallest absolute Gasteiger partial charge is 0.0991 e. The van der Waals surface area contributed by atoms with Crippen molar-refractivity contribution in [2.24, 2.45) is 0 Å². The van der Waals surface area contributed by atoms with Crippen LogP contribution in [0.25, 0.3) is 76.5 Å². The van der Waals surface area contributed by atoms with E-state index >= 15 is 0 Å². The summed E-state index contributed by atoms with van der Waals surface area (Å²) in [5.41, 5.74) is 13.8. The highest BCUT2D eigenvalue weighted by Gasteiger charge is 2.37. The fourth-order valence-electron chi connectivity index (χ4n) is 9.71. The fraction of sp³-hybridized carbons (Fsp3) is 0.0536. The predicted octanol–water partition coefficient (Wildman–Crippen LogP) is 15.3. The van der Waals surface area contributed by atoms with Crippen molar-refractivity contribution in [1.82, 2.24) is 0 Å². The van der Waals surface area contributed by atoms with Gasteiger partial charge in [-0.1, -0.05) is 159 Å². The molecule has 0 fully saturated rings. The number of nitrogens with zero attached hydrogens (tertiary/aromatic N) is 2. The number of benzene rings is 10. The first-order valence-electron chi connectivity index (χ1n) is 20.0. The van der Waals surface area contributed by atoms with E-state index in [0.717, 1.165) is 17.1 Å². The van der Waals surface area contributed by atoms with Crippen LogP contribution in [0, 0.1) is 11.3 Å². The van der Waals surface area contributed by atoms with Crippen molar-refractivity contribution in [1.29, 1.82) is 5.26 Å². The van der Waals surface area contributed by atoms with Crippen molar-refractivity contribution in [3.05, 3.63) is 211 Å². The highest BCUT2D eigenvalue weighted by Crippen LogP contribution is 2.53. The van der Waals surface area contributed by atoms with Crippen LogP contribution >= 0.6 is 0 Å². The molecule has 58 heavy (non-hydrogen) atoms. The standard InChI is InChI=1S/C56H38N2/c1-56(2)51-33-39(54-47-19-7-9-21-49(47)55(50-22-10-8-20-48(50)54)46-23-11-15-37-13-3-5-17-42(37)46)27-31-44(51)45-32-30-41(34-52(45)56)58(40-28-25-36(35-57)26-29-40)53-24-12-16-38-14-4-6-18-43(38)53/h3-34H,1-2H3. The second-order valence-electron chi connectivity index (χ2n) is 16.0. The molecule has 11 rings (SSSR count). The summed E-state index contributed by atoms with van der Waals surface area (Å²) in [5.74, 6) is 0. The van der Waals surface area contributed by atoms with E-state index < -0.39 is 0 Å². The maximum Gasteiger partial charge on any atom is 0.0991 e. The first-order chi connectivity index (χ1) is 28.5. The van der Waals surface area contributed by atoms with E-state index in [-0.39, 0.29) is 5.41 Å². The molecule has 0 radical (unpaired) electrons. The van der Waals surface area contributed by atoms with E-state index in [0.29, 0.717) is 5.56 Å². The molecule has 0 atom stereocenters. The molecule has 0 unspecified atom stereocenters. The van der Waals surface area contributed by atoms with Crippen LogP contribution in [-0.4, -0.2) is 0 Å². The number of rotatable bonds is 5. The Labute approximate surface area is 338 Å².